The van der Waals surface area contributed by atoms with Gasteiger partial charge >= 0.3 is 0 Å². The number of thiazole rings is 1. The zero-order chi connectivity index (χ0) is 21.8. The van der Waals surface area contributed by atoms with Gasteiger partial charge in [0.05, 0.1) is 11.2 Å². The lowest BCUT2D eigenvalue weighted by molar-refractivity contribution is 0.963. The summed E-state index contributed by atoms with van der Waals surface area (Å²) in [6.45, 7) is 1.27. The second kappa shape index (κ2) is 12.4. The lowest BCUT2D eigenvalue weighted by Crippen LogP contribution is -2.23. The van der Waals surface area contributed by atoms with Crippen LogP contribution in [0.5, 0.6) is 0 Å². The molecule has 0 atom stereocenters. The first-order valence-corrected chi connectivity index (χ1v) is 10.4. The average molecular weight is 424 g/mol. The summed E-state index contributed by atoms with van der Waals surface area (Å²) in [5.41, 5.74) is 25.3. The molecule has 1 aromatic heterocycles. The minimum absolute atomic E-state index is 0.125. The van der Waals surface area contributed by atoms with Crippen LogP contribution < -0.4 is 22.9 Å². The zero-order valence-electron chi connectivity index (χ0n) is 17.2. The molecule has 1 heterocycles. The first-order valence-electron chi connectivity index (χ1n) is 9.63. The van der Waals surface area contributed by atoms with Gasteiger partial charge < -0.3 is 22.9 Å². The fourth-order valence-corrected chi connectivity index (χ4v) is 3.77. The van der Waals surface area contributed by atoms with Crippen molar-refractivity contribution in [3.05, 3.63) is 65.9 Å². The number of nitrogens with two attached hydrogens (primary N) is 4. The van der Waals surface area contributed by atoms with E-state index in [1.54, 1.807) is 11.3 Å². The minimum atomic E-state index is 0.125. The van der Waals surface area contributed by atoms with Gasteiger partial charge in [0.15, 0.2) is 5.96 Å². The van der Waals surface area contributed by atoms with Crippen LogP contribution in [0.1, 0.15) is 11.1 Å². The number of rotatable bonds is 8. The molecule has 0 aliphatic rings. The Kier molecular flexibility index (Phi) is 9.50. The summed E-state index contributed by atoms with van der Waals surface area (Å²) in [7, 11) is 1.50. The highest BCUT2D eigenvalue weighted by Crippen LogP contribution is 2.32. The maximum Gasteiger partial charge on any atom is 0.185 e. The van der Waals surface area contributed by atoms with Crippen molar-refractivity contribution in [3.63, 3.8) is 0 Å². The minimum Gasteiger partial charge on any atom is -0.390 e. The van der Waals surface area contributed by atoms with Crippen molar-refractivity contribution in [2.75, 3.05) is 20.1 Å². The molecule has 3 aromatic rings. The first-order chi connectivity index (χ1) is 14.7. The largest absolute Gasteiger partial charge is 0.390 e. The molecule has 0 saturated heterocycles. The molecule has 0 bridgehead atoms. The normalized spacial score (nSPS) is 10.5. The van der Waals surface area contributed by atoms with Crippen LogP contribution in [0.15, 0.2) is 64.7 Å². The van der Waals surface area contributed by atoms with Crippen molar-refractivity contribution in [2.24, 2.45) is 32.9 Å². The average Bonchev–Trinajstić information content (AvgIpc) is 3.26. The van der Waals surface area contributed by atoms with Crippen molar-refractivity contribution in [1.29, 1.82) is 0 Å². The molecule has 8 N–H and O–H groups in total. The summed E-state index contributed by atoms with van der Waals surface area (Å²) >= 11 is 1.69. The lowest BCUT2D eigenvalue weighted by Gasteiger charge is -2.03. The highest BCUT2D eigenvalue weighted by Gasteiger charge is 2.08. The van der Waals surface area contributed by atoms with Gasteiger partial charge in [-0.2, -0.15) is 0 Å². The Morgan fingerprint density at radius 2 is 1.60 bits per heavy atom. The summed E-state index contributed by atoms with van der Waals surface area (Å²) in [6.07, 6.45) is 4.94. The highest BCUT2D eigenvalue weighted by atomic mass is 32.1. The topological polar surface area (TPSA) is 142 Å². The second-order valence-corrected chi connectivity index (χ2v) is 7.32. The third-order valence-electron chi connectivity index (χ3n) is 4.22. The third-order valence-corrected chi connectivity index (χ3v) is 5.32. The molecule has 0 spiro atoms. The number of aromatic nitrogens is 1. The Morgan fingerprint density at radius 1 is 0.967 bits per heavy atom. The van der Waals surface area contributed by atoms with Crippen LogP contribution >= 0.6 is 11.3 Å². The van der Waals surface area contributed by atoms with Gasteiger partial charge in [-0.3, -0.25) is 9.98 Å². The van der Waals surface area contributed by atoms with E-state index in [0.717, 1.165) is 33.9 Å². The predicted molar refractivity (Wildman–Crippen MR) is 129 cm³/mol. The molecule has 3 rings (SSSR count). The first kappa shape index (κ1) is 23.1. The number of benzene rings is 2. The van der Waals surface area contributed by atoms with Crippen molar-refractivity contribution < 1.29 is 0 Å². The van der Waals surface area contributed by atoms with Crippen LogP contribution in [0.25, 0.3) is 21.0 Å². The Hall–Kier alpha value is -3.23. The van der Waals surface area contributed by atoms with Crippen molar-refractivity contribution >= 4 is 23.6 Å². The Labute approximate surface area is 181 Å². The van der Waals surface area contributed by atoms with Crippen LogP contribution in [0, 0.1) is 0 Å². The summed E-state index contributed by atoms with van der Waals surface area (Å²) in [5.74, 6) is 0.125. The molecule has 0 fully saturated rings. The molecule has 0 amide bonds. The van der Waals surface area contributed by atoms with E-state index in [1.807, 2.05) is 6.20 Å². The van der Waals surface area contributed by atoms with Crippen LogP contribution in [-0.2, 0) is 12.8 Å². The van der Waals surface area contributed by atoms with Gasteiger partial charge in [0, 0.05) is 24.8 Å². The van der Waals surface area contributed by atoms with E-state index in [0.29, 0.717) is 13.1 Å². The maximum atomic E-state index is 5.39. The lowest BCUT2D eigenvalue weighted by atomic mass is 10.1. The number of aliphatic imine (C=N–C) groups is 2. The quantitative estimate of drug-likeness (QED) is 0.325. The molecule has 0 saturated carbocycles. The number of hydrogen-bond acceptors (Lipinski definition) is 5. The molecule has 7 nitrogen and oxygen atoms in total. The molecule has 8 heteroatoms. The van der Waals surface area contributed by atoms with E-state index >= 15 is 0 Å². The van der Waals surface area contributed by atoms with Gasteiger partial charge in [-0.05, 0) is 42.6 Å². The Bertz CT molecular complexity index is 975. The number of hydrogen-bond donors (Lipinski definition) is 4. The van der Waals surface area contributed by atoms with Gasteiger partial charge in [0.2, 0.25) is 0 Å². The van der Waals surface area contributed by atoms with E-state index in [9.17, 15) is 0 Å². The molecular formula is C22H29N7S. The third kappa shape index (κ3) is 6.98. The molecule has 158 valence electrons. The zero-order valence-corrected chi connectivity index (χ0v) is 18.0. The smallest absolute Gasteiger partial charge is 0.185 e. The SMILES string of the molecule is CN.NC=NCCc1cccc(-c2ncc(-c3cccc(CCN=C(N)N)c3)s2)c1. The monoisotopic (exact) mass is 423 g/mol. The van der Waals surface area contributed by atoms with Crippen LogP contribution in [0.4, 0.5) is 0 Å². The molecule has 0 radical (unpaired) electrons. The maximum absolute atomic E-state index is 5.39. The van der Waals surface area contributed by atoms with E-state index in [-0.39, 0.29) is 5.96 Å². The molecule has 0 unspecified atom stereocenters. The van der Waals surface area contributed by atoms with Gasteiger partial charge in [-0.25, -0.2) is 4.98 Å². The molecule has 30 heavy (non-hydrogen) atoms. The Morgan fingerprint density at radius 3 is 2.27 bits per heavy atom. The summed E-state index contributed by atoms with van der Waals surface area (Å²) < 4.78 is 0. The standard InChI is InChI=1S/C21H24N6S.CH5N/c22-14-25-9-7-15-4-2-6-18(12-15)20-27-13-19(28-20)17-5-1-3-16(11-17)8-10-26-21(23)24;1-2/h1-6,11-14H,7-10H2,(H2,22,25)(H4,23,24,26);2H2,1H3. The van der Waals surface area contributed by atoms with Gasteiger partial charge in [0.25, 0.3) is 0 Å². The van der Waals surface area contributed by atoms with Gasteiger partial charge in [-0.1, -0.05) is 42.5 Å². The highest BCUT2D eigenvalue weighted by molar-refractivity contribution is 7.18. The summed E-state index contributed by atoms with van der Waals surface area (Å²) in [5, 5.41) is 1.00. The van der Waals surface area contributed by atoms with E-state index in [4.69, 9.17) is 17.2 Å². The van der Waals surface area contributed by atoms with Crippen LogP contribution in [0.3, 0.4) is 0 Å². The molecule has 0 aliphatic heterocycles. The van der Waals surface area contributed by atoms with Gasteiger partial charge in [0.1, 0.15) is 5.01 Å². The fraction of sp³-hybridized carbons (Fsp3) is 0.227. The van der Waals surface area contributed by atoms with Crippen molar-refractivity contribution in [1.82, 2.24) is 4.98 Å². The van der Waals surface area contributed by atoms with Crippen molar-refractivity contribution in [2.45, 2.75) is 12.8 Å². The van der Waals surface area contributed by atoms with E-state index in [2.05, 4.69) is 69.2 Å². The predicted octanol–water partition coefficient (Wildman–Crippen LogP) is 2.40. The fourth-order valence-electron chi connectivity index (χ4n) is 2.86. The molecular weight excluding hydrogens is 394 g/mol. The van der Waals surface area contributed by atoms with Crippen LogP contribution in [-0.4, -0.2) is 37.4 Å². The number of nitrogens with zero attached hydrogens (tertiary/aromatic N) is 3. The number of guanidine groups is 1. The molecule has 0 aliphatic carbocycles. The Balaban J connectivity index is 0.00000155. The van der Waals surface area contributed by atoms with E-state index < -0.39 is 0 Å². The van der Waals surface area contributed by atoms with Crippen LogP contribution in [0.2, 0.25) is 0 Å². The van der Waals surface area contributed by atoms with E-state index in [1.165, 1.54) is 24.5 Å². The van der Waals surface area contributed by atoms with Gasteiger partial charge in [-0.15, -0.1) is 11.3 Å². The second-order valence-electron chi connectivity index (χ2n) is 6.29. The summed E-state index contributed by atoms with van der Waals surface area (Å²) in [6, 6.07) is 16.8. The van der Waals surface area contributed by atoms with Crippen molar-refractivity contribution in [3.8, 4) is 21.0 Å². The summed E-state index contributed by atoms with van der Waals surface area (Å²) in [4.78, 5) is 13.9. The molecule has 2 aromatic carbocycles.